The molecule has 0 bridgehead atoms. The summed E-state index contributed by atoms with van der Waals surface area (Å²) in [4.78, 5) is 16.3. The third-order valence-corrected chi connectivity index (χ3v) is 5.48. The number of anilines is 2. The fraction of sp³-hybridized carbons (Fsp3) is 0.318. The molecule has 4 rings (SSSR count). The lowest BCUT2D eigenvalue weighted by Gasteiger charge is -2.35. The van der Waals surface area contributed by atoms with E-state index in [1.807, 2.05) is 24.3 Å². The molecule has 2 aromatic carbocycles. The van der Waals surface area contributed by atoms with Gasteiger partial charge >= 0.3 is 0 Å². The standard InChI is InChI=1S/C22H24ClN3O/c23-19-4-1-5-20(16-19)26-13-11-25(12-14-26)10-2-3-17-6-8-21-18(15-17)7-9-22(27)24-21/h1-6,8,15-16H,7,9-14H2,(H,24,27). The van der Waals surface area contributed by atoms with Crippen molar-refractivity contribution < 1.29 is 4.79 Å². The molecule has 0 atom stereocenters. The van der Waals surface area contributed by atoms with Crippen LogP contribution in [-0.2, 0) is 11.2 Å². The van der Waals surface area contributed by atoms with Gasteiger partial charge in [0, 0.05) is 55.5 Å². The number of piperazine rings is 1. The topological polar surface area (TPSA) is 35.6 Å². The van der Waals surface area contributed by atoms with Crippen LogP contribution < -0.4 is 10.2 Å². The third-order valence-electron chi connectivity index (χ3n) is 5.24. The first-order chi connectivity index (χ1) is 13.2. The molecular weight excluding hydrogens is 358 g/mol. The Morgan fingerprint density at radius 1 is 1.04 bits per heavy atom. The maximum Gasteiger partial charge on any atom is 0.224 e. The van der Waals surface area contributed by atoms with Gasteiger partial charge in [-0.3, -0.25) is 9.69 Å². The van der Waals surface area contributed by atoms with Crippen molar-refractivity contribution in [2.45, 2.75) is 12.8 Å². The van der Waals surface area contributed by atoms with Crippen molar-refractivity contribution in [2.75, 3.05) is 42.9 Å². The highest BCUT2D eigenvalue weighted by Gasteiger charge is 2.16. The molecule has 1 fully saturated rings. The van der Waals surface area contributed by atoms with Gasteiger partial charge in [-0.2, -0.15) is 0 Å². The van der Waals surface area contributed by atoms with Crippen LogP contribution in [0.1, 0.15) is 17.5 Å². The van der Waals surface area contributed by atoms with Crippen molar-refractivity contribution in [3.63, 3.8) is 0 Å². The number of rotatable bonds is 4. The SMILES string of the molecule is O=C1CCc2cc(C=CCN3CCN(c4cccc(Cl)c4)CC3)ccc2N1. The normalized spacial score (nSPS) is 17.8. The van der Waals surface area contributed by atoms with E-state index in [1.165, 1.54) is 16.8 Å². The zero-order valence-electron chi connectivity index (χ0n) is 15.3. The molecule has 2 heterocycles. The zero-order valence-corrected chi connectivity index (χ0v) is 16.1. The summed E-state index contributed by atoms with van der Waals surface area (Å²) in [6.45, 7) is 5.09. The highest BCUT2D eigenvalue weighted by molar-refractivity contribution is 6.30. The molecule has 0 radical (unpaired) electrons. The van der Waals surface area contributed by atoms with Crippen LogP contribution >= 0.6 is 11.6 Å². The highest BCUT2D eigenvalue weighted by Crippen LogP contribution is 2.24. The van der Waals surface area contributed by atoms with Gasteiger partial charge in [-0.15, -0.1) is 0 Å². The lowest BCUT2D eigenvalue weighted by molar-refractivity contribution is -0.116. The predicted molar refractivity (Wildman–Crippen MR) is 113 cm³/mol. The Balaban J connectivity index is 1.29. The molecular formula is C22H24ClN3O. The van der Waals surface area contributed by atoms with Gasteiger partial charge in [0.15, 0.2) is 0 Å². The molecule has 5 heteroatoms. The van der Waals surface area contributed by atoms with E-state index in [1.54, 1.807) is 0 Å². The second-order valence-corrected chi connectivity index (χ2v) is 7.57. The van der Waals surface area contributed by atoms with Crippen molar-refractivity contribution >= 4 is 35.0 Å². The van der Waals surface area contributed by atoms with E-state index in [2.05, 4.69) is 45.5 Å². The number of carbonyl (C=O) groups is 1. The van der Waals surface area contributed by atoms with Gasteiger partial charge in [0.1, 0.15) is 0 Å². The van der Waals surface area contributed by atoms with Gasteiger partial charge in [-0.1, -0.05) is 35.9 Å². The van der Waals surface area contributed by atoms with Gasteiger partial charge in [-0.05, 0) is 47.9 Å². The van der Waals surface area contributed by atoms with Gasteiger partial charge in [0.2, 0.25) is 5.91 Å². The Labute approximate surface area is 165 Å². The molecule has 27 heavy (non-hydrogen) atoms. The molecule has 0 aliphatic carbocycles. The minimum Gasteiger partial charge on any atom is -0.369 e. The van der Waals surface area contributed by atoms with Crippen LogP contribution in [0.15, 0.2) is 48.5 Å². The molecule has 1 saturated heterocycles. The van der Waals surface area contributed by atoms with Gasteiger partial charge < -0.3 is 10.2 Å². The van der Waals surface area contributed by atoms with E-state index in [0.29, 0.717) is 6.42 Å². The maximum atomic E-state index is 11.4. The number of benzene rings is 2. The molecule has 0 saturated carbocycles. The molecule has 0 unspecified atom stereocenters. The van der Waals surface area contributed by atoms with E-state index in [9.17, 15) is 4.79 Å². The average molecular weight is 382 g/mol. The molecule has 4 nitrogen and oxygen atoms in total. The number of hydrogen-bond donors (Lipinski definition) is 1. The minimum absolute atomic E-state index is 0.114. The summed E-state index contributed by atoms with van der Waals surface area (Å²) in [5.74, 6) is 0.114. The quantitative estimate of drug-likeness (QED) is 0.867. The first-order valence-corrected chi connectivity index (χ1v) is 9.87. The van der Waals surface area contributed by atoms with E-state index in [-0.39, 0.29) is 5.91 Å². The number of fused-ring (bicyclic) bond motifs is 1. The molecule has 0 spiro atoms. The monoisotopic (exact) mass is 381 g/mol. The van der Waals surface area contributed by atoms with E-state index < -0.39 is 0 Å². The van der Waals surface area contributed by atoms with Gasteiger partial charge in [-0.25, -0.2) is 0 Å². The third kappa shape index (κ3) is 4.52. The molecule has 0 aromatic heterocycles. The summed E-state index contributed by atoms with van der Waals surface area (Å²) in [5, 5.41) is 3.73. The van der Waals surface area contributed by atoms with Crippen LogP contribution in [0.2, 0.25) is 5.02 Å². The number of aryl methyl sites for hydroxylation is 1. The van der Waals surface area contributed by atoms with Crippen molar-refractivity contribution in [3.05, 3.63) is 64.7 Å². The Morgan fingerprint density at radius 3 is 2.70 bits per heavy atom. The Hall–Kier alpha value is -2.30. The molecule has 1 N–H and O–H groups in total. The summed E-state index contributed by atoms with van der Waals surface area (Å²) in [6.07, 6.45) is 5.82. The number of amides is 1. The largest absolute Gasteiger partial charge is 0.369 e. The highest BCUT2D eigenvalue weighted by atomic mass is 35.5. The van der Waals surface area contributed by atoms with Crippen LogP contribution in [0.25, 0.3) is 6.08 Å². The summed E-state index contributed by atoms with van der Waals surface area (Å²) in [7, 11) is 0. The lowest BCUT2D eigenvalue weighted by atomic mass is 10.0. The van der Waals surface area contributed by atoms with Crippen molar-refractivity contribution in [3.8, 4) is 0 Å². The maximum absolute atomic E-state index is 11.4. The van der Waals surface area contributed by atoms with Gasteiger partial charge in [0.05, 0.1) is 0 Å². The Kier molecular flexibility index (Phi) is 5.46. The lowest BCUT2D eigenvalue weighted by Crippen LogP contribution is -2.46. The average Bonchev–Trinajstić information content (AvgIpc) is 2.68. The molecule has 2 aliphatic heterocycles. The van der Waals surface area contributed by atoms with Crippen LogP contribution in [0.5, 0.6) is 0 Å². The zero-order chi connectivity index (χ0) is 18.6. The van der Waals surface area contributed by atoms with Crippen LogP contribution in [0, 0.1) is 0 Å². The molecule has 2 aromatic rings. The van der Waals surface area contributed by atoms with E-state index >= 15 is 0 Å². The number of carbonyl (C=O) groups excluding carboxylic acids is 1. The number of hydrogen-bond acceptors (Lipinski definition) is 3. The fourth-order valence-corrected chi connectivity index (χ4v) is 3.89. The molecule has 140 valence electrons. The minimum atomic E-state index is 0.114. The first kappa shape index (κ1) is 18.1. The van der Waals surface area contributed by atoms with Crippen LogP contribution in [0.4, 0.5) is 11.4 Å². The smallest absolute Gasteiger partial charge is 0.224 e. The fourth-order valence-electron chi connectivity index (χ4n) is 3.71. The summed E-state index contributed by atoms with van der Waals surface area (Å²) in [5.41, 5.74) is 4.59. The summed E-state index contributed by atoms with van der Waals surface area (Å²) < 4.78 is 0. The second-order valence-electron chi connectivity index (χ2n) is 7.13. The molecule has 1 amide bonds. The Morgan fingerprint density at radius 2 is 1.89 bits per heavy atom. The van der Waals surface area contributed by atoms with Crippen LogP contribution in [0.3, 0.4) is 0 Å². The Bertz CT molecular complexity index is 856. The first-order valence-electron chi connectivity index (χ1n) is 9.49. The summed E-state index contributed by atoms with van der Waals surface area (Å²) in [6, 6.07) is 14.4. The number of nitrogens with one attached hydrogen (secondary N) is 1. The van der Waals surface area contributed by atoms with E-state index in [4.69, 9.17) is 11.6 Å². The van der Waals surface area contributed by atoms with Crippen LogP contribution in [-0.4, -0.2) is 43.5 Å². The van der Waals surface area contributed by atoms with E-state index in [0.717, 1.165) is 49.9 Å². The van der Waals surface area contributed by atoms with Crippen molar-refractivity contribution in [2.24, 2.45) is 0 Å². The predicted octanol–water partition coefficient (Wildman–Crippen LogP) is 4.06. The number of halogens is 1. The van der Waals surface area contributed by atoms with Crippen molar-refractivity contribution in [1.82, 2.24) is 4.90 Å². The number of nitrogens with zero attached hydrogens (tertiary/aromatic N) is 2. The molecule has 2 aliphatic rings. The van der Waals surface area contributed by atoms with Gasteiger partial charge in [0.25, 0.3) is 0 Å². The van der Waals surface area contributed by atoms with Crippen molar-refractivity contribution in [1.29, 1.82) is 0 Å². The summed E-state index contributed by atoms with van der Waals surface area (Å²) >= 11 is 6.10. The second kappa shape index (κ2) is 8.15.